The van der Waals surface area contributed by atoms with E-state index in [0.29, 0.717) is 24.8 Å². The molecule has 0 radical (unpaired) electrons. The number of nitrogens with zero attached hydrogens (tertiary/aromatic N) is 2. The van der Waals surface area contributed by atoms with Gasteiger partial charge < -0.3 is 15.5 Å². The van der Waals surface area contributed by atoms with Crippen molar-refractivity contribution in [3.05, 3.63) is 65.7 Å². The molecule has 2 N–H and O–H groups in total. The Balaban J connectivity index is 0.00000341. The number of aliphatic imine (C=N–C) groups is 1. The highest BCUT2D eigenvalue weighted by Gasteiger charge is 2.19. The molecule has 1 saturated heterocycles. The Hall–Kier alpha value is -1.74. The van der Waals surface area contributed by atoms with Crippen LogP contribution >= 0.6 is 35.7 Å². The molecule has 1 aliphatic heterocycles. The van der Waals surface area contributed by atoms with Gasteiger partial charge in [0.2, 0.25) is 5.91 Å². The first-order valence-electron chi connectivity index (χ1n) is 10.7. The summed E-state index contributed by atoms with van der Waals surface area (Å²) >= 11 is 1.86. The Kier molecular flexibility index (Phi) is 11.2. The second kappa shape index (κ2) is 13.6. The van der Waals surface area contributed by atoms with Crippen LogP contribution in [0.3, 0.4) is 0 Å². The fourth-order valence-corrected chi connectivity index (χ4v) is 4.31. The maximum atomic E-state index is 11.8. The Morgan fingerprint density at radius 2 is 1.81 bits per heavy atom. The average Bonchev–Trinajstić information content (AvgIpc) is 3.16. The molecule has 1 unspecified atom stereocenters. The van der Waals surface area contributed by atoms with Gasteiger partial charge in [0.05, 0.1) is 6.54 Å². The molecule has 3 rings (SSSR count). The number of guanidine groups is 1. The zero-order valence-electron chi connectivity index (χ0n) is 18.3. The molecule has 2 aromatic rings. The van der Waals surface area contributed by atoms with Gasteiger partial charge in [-0.05, 0) is 36.6 Å². The van der Waals surface area contributed by atoms with Gasteiger partial charge in [0.15, 0.2) is 5.96 Å². The Morgan fingerprint density at radius 3 is 2.45 bits per heavy atom. The zero-order valence-corrected chi connectivity index (χ0v) is 21.5. The monoisotopic (exact) mass is 552 g/mol. The van der Waals surface area contributed by atoms with E-state index < -0.39 is 0 Å². The van der Waals surface area contributed by atoms with Gasteiger partial charge in [-0.15, -0.1) is 35.7 Å². The molecule has 2 aromatic carbocycles. The van der Waals surface area contributed by atoms with E-state index in [0.717, 1.165) is 37.6 Å². The number of rotatable bonds is 9. The molecule has 7 heteroatoms. The predicted octanol–water partition coefficient (Wildman–Crippen LogP) is 4.66. The third-order valence-corrected chi connectivity index (χ3v) is 6.08. The quantitative estimate of drug-likeness (QED) is 0.206. The summed E-state index contributed by atoms with van der Waals surface area (Å²) in [6.07, 6.45) is 1.67. The lowest BCUT2D eigenvalue weighted by Crippen LogP contribution is -2.40. The Morgan fingerprint density at radius 1 is 1.10 bits per heavy atom. The van der Waals surface area contributed by atoms with E-state index in [4.69, 9.17) is 4.99 Å². The summed E-state index contributed by atoms with van der Waals surface area (Å²) < 4.78 is 0. The van der Waals surface area contributed by atoms with Gasteiger partial charge in [-0.2, -0.15) is 0 Å². The molecule has 0 bridgehead atoms. The van der Waals surface area contributed by atoms with Crippen molar-refractivity contribution in [1.82, 2.24) is 15.5 Å². The zero-order chi connectivity index (χ0) is 21.2. The van der Waals surface area contributed by atoms with Gasteiger partial charge in [0.1, 0.15) is 0 Å². The maximum absolute atomic E-state index is 11.8. The van der Waals surface area contributed by atoms with Crippen LogP contribution < -0.4 is 10.6 Å². The normalized spacial score (nSPS) is 14.8. The third-order valence-electron chi connectivity index (χ3n) is 4.97. The molecule has 31 heavy (non-hydrogen) atoms. The van der Waals surface area contributed by atoms with E-state index in [9.17, 15) is 4.79 Å². The highest BCUT2D eigenvalue weighted by atomic mass is 127. The van der Waals surface area contributed by atoms with Crippen LogP contribution in [0.25, 0.3) is 0 Å². The number of thioether (sulfide) groups is 1. The number of carbonyl (C=O) groups excluding carboxylic acids is 1. The van der Waals surface area contributed by atoms with Crippen molar-refractivity contribution in [2.75, 3.05) is 19.6 Å². The number of carbonyl (C=O) groups is 1. The highest BCUT2D eigenvalue weighted by Crippen LogP contribution is 2.22. The van der Waals surface area contributed by atoms with Crippen LogP contribution in [-0.2, 0) is 17.9 Å². The predicted molar refractivity (Wildman–Crippen MR) is 141 cm³/mol. The summed E-state index contributed by atoms with van der Waals surface area (Å²) in [6.45, 7) is 8.18. The van der Waals surface area contributed by atoms with Crippen LogP contribution in [-0.4, -0.2) is 41.7 Å². The first kappa shape index (κ1) is 25.5. The molecule has 0 aromatic heterocycles. The highest BCUT2D eigenvalue weighted by molar-refractivity contribution is 14.0. The largest absolute Gasteiger partial charge is 0.357 e. The molecule has 0 aliphatic carbocycles. The number of likely N-dealkylation sites (tertiary alicyclic amines) is 1. The van der Waals surface area contributed by atoms with Crippen molar-refractivity contribution in [2.45, 2.75) is 49.9 Å². The first-order valence-corrected chi connectivity index (χ1v) is 11.6. The minimum absolute atomic E-state index is 0. The van der Waals surface area contributed by atoms with Gasteiger partial charge in [0, 0.05) is 42.7 Å². The summed E-state index contributed by atoms with van der Waals surface area (Å²) in [5.41, 5.74) is 2.34. The standard InChI is InChI=1S/C24H32N4OS.HI/c1-3-25-24(26-16-19(2)30-22-8-5-4-6-9-22)27-17-20-11-13-21(14-12-20)18-28-15-7-10-23(28)29;/h4-6,8-9,11-14,19H,3,7,10,15-18H2,1-2H3,(H2,25,26,27);1H. The first-order chi connectivity index (χ1) is 14.6. The fraction of sp³-hybridized carbons (Fsp3) is 0.417. The van der Waals surface area contributed by atoms with Crippen LogP contribution in [0.4, 0.5) is 0 Å². The van der Waals surface area contributed by atoms with E-state index in [2.05, 4.69) is 73.0 Å². The lowest BCUT2D eigenvalue weighted by Gasteiger charge is -2.16. The van der Waals surface area contributed by atoms with Gasteiger partial charge in [-0.3, -0.25) is 4.79 Å². The summed E-state index contributed by atoms with van der Waals surface area (Å²) in [7, 11) is 0. The second-order valence-corrected chi connectivity index (χ2v) is 9.06. The molecule has 168 valence electrons. The molecule has 1 heterocycles. The molecule has 1 amide bonds. The van der Waals surface area contributed by atoms with Gasteiger partial charge in [0.25, 0.3) is 0 Å². The van der Waals surface area contributed by atoms with Gasteiger partial charge in [-0.25, -0.2) is 4.99 Å². The number of hydrogen-bond donors (Lipinski definition) is 2. The third kappa shape index (κ3) is 8.73. The lowest BCUT2D eigenvalue weighted by atomic mass is 10.1. The summed E-state index contributed by atoms with van der Waals surface area (Å²) in [5, 5.41) is 7.21. The fourth-order valence-electron chi connectivity index (χ4n) is 3.37. The molecule has 0 saturated carbocycles. The maximum Gasteiger partial charge on any atom is 0.222 e. The number of hydrogen-bond acceptors (Lipinski definition) is 3. The molecular formula is C24H33IN4OS. The second-order valence-electron chi connectivity index (χ2n) is 7.55. The Bertz CT molecular complexity index is 829. The van der Waals surface area contributed by atoms with Crippen molar-refractivity contribution < 1.29 is 4.79 Å². The van der Waals surface area contributed by atoms with Crippen LogP contribution in [0.5, 0.6) is 0 Å². The van der Waals surface area contributed by atoms with Gasteiger partial charge >= 0.3 is 0 Å². The lowest BCUT2D eigenvalue weighted by molar-refractivity contribution is -0.128. The molecular weight excluding hydrogens is 519 g/mol. The molecule has 5 nitrogen and oxygen atoms in total. The van der Waals surface area contributed by atoms with Crippen LogP contribution in [0.15, 0.2) is 64.5 Å². The van der Waals surface area contributed by atoms with E-state index in [1.165, 1.54) is 10.5 Å². The van der Waals surface area contributed by atoms with Crippen molar-refractivity contribution >= 4 is 47.6 Å². The summed E-state index contributed by atoms with van der Waals surface area (Å²) in [5.74, 6) is 1.11. The number of amides is 1. The van der Waals surface area contributed by atoms with Crippen LogP contribution in [0, 0.1) is 0 Å². The van der Waals surface area contributed by atoms with Crippen LogP contribution in [0.1, 0.15) is 37.8 Å². The van der Waals surface area contributed by atoms with E-state index >= 15 is 0 Å². The molecule has 0 spiro atoms. The number of benzene rings is 2. The van der Waals surface area contributed by atoms with Crippen molar-refractivity contribution in [2.24, 2.45) is 4.99 Å². The van der Waals surface area contributed by atoms with Crippen molar-refractivity contribution in [3.63, 3.8) is 0 Å². The number of halogens is 1. The molecule has 1 fully saturated rings. The van der Waals surface area contributed by atoms with E-state index in [1.807, 2.05) is 22.7 Å². The SMILES string of the molecule is CCNC(=NCc1ccc(CN2CCCC2=O)cc1)NCC(C)Sc1ccccc1.I. The summed E-state index contributed by atoms with van der Waals surface area (Å²) in [4.78, 5) is 19.7. The molecule has 1 aliphatic rings. The minimum atomic E-state index is 0. The van der Waals surface area contributed by atoms with Crippen LogP contribution in [0.2, 0.25) is 0 Å². The topological polar surface area (TPSA) is 56.7 Å². The summed E-state index contributed by atoms with van der Waals surface area (Å²) in [6, 6.07) is 18.9. The average molecular weight is 553 g/mol. The van der Waals surface area contributed by atoms with E-state index in [1.54, 1.807) is 0 Å². The number of nitrogens with one attached hydrogen (secondary N) is 2. The van der Waals surface area contributed by atoms with E-state index in [-0.39, 0.29) is 29.9 Å². The van der Waals surface area contributed by atoms with Crippen molar-refractivity contribution in [3.8, 4) is 0 Å². The van der Waals surface area contributed by atoms with Crippen molar-refractivity contribution in [1.29, 1.82) is 0 Å². The van der Waals surface area contributed by atoms with Gasteiger partial charge in [-0.1, -0.05) is 49.4 Å². The smallest absolute Gasteiger partial charge is 0.222 e. The minimum Gasteiger partial charge on any atom is -0.357 e. The molecule has 1 atom stereocenters. The Labute approximate surface area is 207 Å².